The van der Waals surface area contributed by atoms with Gasteiger partial charge in [0, 0.05) is 17.8 Å². The van der Waals surface area contributed by atoms with Crippen molar-refractivity contribution < 1.29 is 22.9 Å². The molecule has 0 aliphatic carbocycles. The van der Waals surface area contributed by atoms with Crippen molar-refractivity contribution in [1.82, 2.24) is 0 Å². The molecule has 0 saturated carbocycles. The number of nitro groups is 1. The molecule has 9 heteroatoms. The molecule has 0 bridgehead atoms. The molecule has 0 spiro atoms. The van der Waals surface area contributed by atoms with Crippen molar-refractivity contribution in [3.63, 3.8) is 0 Å². The maximum Gasteiger partial charge on any atom is 0.338 e. The Morgan fingerprint density at radius 2 is 1.65 bits per heavy atom. The summed E-state index contributed by atoms with van der Waals surface area (Å²) in [5.74, 6) is -0.687. The van der Waals surface area contributed by atoms with E-state index in [1.807, 2.05) is 12.1 Å². The van der Waals surface area contributed by atoms with Gasteiger partial charge in [0.05, 0.1) is 15.4 Å². The van der Waals surface area contributed by atoms with Gasteiger partial charge in [0.15, 0.2) is 0 Å². The average molecular weight is 483 g/mol. The molecule has 3 rings (SSSR count). The third-order valence-electron chi connectivity index (χ3n) is 5.28. The number of esters is 1. The number of rotatable bonds is 10. The number of nitro benzene ring substituents is 1. The summed E-state index contributed by atoms with van der Waals surface area (Å²) in [6.45, 7) is 3.70. The number of nitrogens with zero attached hydrogens (tertiary/aromatic N) is 1. The standard InChI is InChI=1S/C25H26N2O6S/c1-3-4-5-19-7-11-21(12-8-19)26-34(31,32)23-15-6-18(2)24(16-23)25(28)33-17-20-9-13-22(14-10-20)27(29)30/h6-16,26H,3-5,17H2,1-2H3. The van der Waals surface area contributed by atoms with E-state index < -0.39 is 20.9 Å². The van der Waals surface area contributed by atoms with Gasteiger partial charge < -0.3 is 4.74 Å². The predicted octanol–water partition coefficient (Wildman–Crippen LogP) is 5.40. The minimum absolute atomic E-state index is 0.0598. The maximum absolute atomic E-state index is 12.9. The quantitative estimate of drug-likeness (QED) is 0.235. The number of aryl methyl sites for hydroxylation is 2. The molecule has 0 unspecified atom stereocenters. The fourth-order valence-corrected chi connectivity index (χ4v) is 4.35. The molecule has 34 heavy (non-hydrogen) atoms. The normalized spacial score (nSPS) is 11.1. The molecule has 0 aliphatic rings. The number of carbonyl (C=O) groups is 1. The third kappa shape index (κ3) is 6.41. The first-order valence-electron chi connectivity index (χ1n) is 10.8. The summed E-state index contributed by atoms with van der Waals surface area (Å²) >= 11 is 0. The van der Waals surface area contributed by atoms with Gasteiger partial charge in [0.1, 0.15) is 6.61 Å². The zero-order chi connectivity index (χ0) is 24.7. The number of non-ortho nitro benzene ring substituents is 1. The van der Waals surface area contributed by atoms with Gasteiger partial charge in [-0.05, 0) is 72.9 Å². The lowest BCUT2D eigenvalue weighted by Gasteiger charge is -2.12. The molecule has 1 N–H and O–H groups in total. The zero-order valence-corrected chi connectivity index (χ0v) is 19.8. The van der Waals surface area contributed by atoms with Crippen LogP contribution in [0, 0.1) is 17.0 Å². The summed E-state index contributed by atoms with van der Waals surface area (Å²) in [7, 11) is -3.92. The number of unbranched alkanes of at least 4 members (excludes halogenated alkanes) is 1. The summed E-state index contributed by atoms with van der Waals surface area (Å²) in [5, 5.41) is 10.7. The van der Waals surface area contributed by atoms with Crippen LogP contribution >= 0.6 is 0 Å². The molecule has 8 nitrogen and oxygen atoms in total. The second-order valence-corrected chi connectivity index (χ2v) is 9.56. The van der Waals surface area contributed by atoms with Gasteiger partial charge in [-0.25, -0.2) is 13.2 Å². The van der Waals surface area contributed by atoms with Crippen LogP contribution in [-0.2, 0) is 27.8 Å². The molecule has 0 heterocycles. The summed E-state index contributed by atoms with van der Waals surface area (Å²) < 4.78 is 33.6. The highest BCUT2D eigenvalue weighted by Gasteiger charge is 2.19. The highest BCUT2D eigenvalue weighted by Crippen LogP contribution is 2.21. The van der Waals surface area contributed by atoms with Gasteiger partial charge in [-0.2, -0.15) is 0 Å². The minimum atomic E-state index is -3.92. The molecule has 0 fully saturated rings. The van der Waals surface area contributed by atoms with Crippen LogP contribution in [0.3, 0.4) is 0 Å². The number of ether oxygens (including phenoxy) is 1. The Bertz CT molecular complexity index is 1270. The first-order valence-corrected chi connectivity index (χ1v) is 12.3. The van der Waals surface area contributed by atoms with E-state index in [9.17, 15) is 23.3 Å². The number of nitrogens with one attached hydrogen (secondary N) is 1. The highest BCUT2D eigenvalue weighted by molar-refractivity contribution is 7.92. The van der Waals surface area contributed by atoms with Crippen molar-refractivity contribution in [1.29, 1.82) is 0 Å². The Morgan fingerprint density at radius 1 is 1.00 bits per heavy atom. The minimum Gasteiger partial charge on any atom is -0.457 e. The molecule has 0 radical (unpaired) electrons. The predicted molar refractivity (Wildman–Crippen MR) is 129 cm³/mol. The molecule has 0 saturated heterocycles. The average Bonchev–Trinajstić information content (AvgIpc) is 2.82. The van der Waals surface area contributed by atoms with E-state index in [0.717, 1.165) is 24.8 Å². The van der Waals surface area contributed by atoms with Gasteiger partial charge in [0.25, 0.3) is 15.7 Å². The second-order valence-electron chi connectivity index (χ2n) is 7.88. The van der Waals surface area contributed by atoms with Crippen molar-refractivity contribution in [2.45, 2.75) is 44.6 Å². The lowest BCUT2D eigenvalue weighted by Crippen LogP contribution is -2.15. The Balaban J connectivity index is 1.71. The van der Waals surface area contributed by atoms with Crippen LogP contribution in [-0.4, -0.2) is 19.3 Å². The Morgan fingerprint density at radius 3 is 2.26 bits per heavy atom. The third-order valence-corrected chi connectivity index (χ3v) is 6.66. The van der Waals surface area contributed by atoms with E-state index in [-0.39, 0.29) is 22.8 Å². The van der Waals surface area contributed by atoms with Gasteiger partial charge in [-0.15, -0.1) is 0 Å². The second kappa shape index (κ2) is 10.9. The largest absolute Gasteiger partial charge is 0.457 e. The van der Waals surface area contributed by atoms with Crippen molar-refractivity contribution >= 4 is 27.4 Å². The van der Waals surface area contributed by atoms with Crippen molar-refractivity contribution in [2.75, 3.05) is 4.72 Å². The lowest BCUT2D eigenvalue weighted by molar-refractivity contribution is -0.384. The molecule has 0 atom stereocenters. The van der Waals surface area contributed by atoms with Crippen LogP contribution in [0.1, 0.15) is 46.8 Å². The number of sulfonamides is 1. The van der Waals surface area contributed by atoms with E-state index in [0.29, 0.717) is 16.8 Å². The Labute approximate surface area is 198 Å². The van der Waals surface area contributed by atoms with Crippen LogP contribution in [0.4, 0.5) is 11.4 Å². The molecular formula is C25H26N2O6S. The molecule has 0 aliphatic heterocycles. The van der Waals surface area contributed by atoms with Gasteiger partial charge in [-0.3, -0.25) is 14.8 Å². The van der Waals surface area contributed by atoms with E-state index in [4.69, 9.17) is 4.74 Å². The smallest absolute Gasteiger partial charge is 0.338 e. The van der Waals surface area contributed by atoms with Gasteiger partial charge >= 0.3 is 5.97 Å². The molecule has 3 aromatic rings. The number of hydrogen-bond acceptors (Lipinski definition) is 6. The fourth-order valence-electron chi connectivity index (χ4n) is 3.26. The lowest BCUT2D eigenvalue weighted by atomic mass is 10.1. The Hall–Kier alpha value is -3.72. The number of benzene rings is 3. The number of anilines is 1. The zero-order valence-electron chi connectivity index (χ0n) is 19.0. The number of carbonyl (C=O) groups excluding carboxylic acids is 1. The van der Waals surface area contributed by atoms with Gasteiger partial charge in [0.2, 0.25) is 0 Å². The van der Waals surface area contributed by atoms with Crippen LogP contribution in [0.2, 0.25) is 0 Å². The number of hydrogen-bond donors (Lipinski definition) is 1. The monoisotopic (exact) mass is 482 g/mol. The van der Waals surface area contributed by atoms with Crippen molar-refractivity contribution in [2.24, 2.45) is 0 Å². The van der Waals surface area contributed by atoms with Gasteiger partial charge in [-0.1, -0.05) is 31.5 Å². The fraction of sp³-hybridized carbons (Fsp3) is 0.240. The first kappa shape index (κ1) is 24.9. The summed E-state index contributed by atoms with van der Waals surface area (Å²) in [4.78, 5) is 22.8. The summed E-state index contributed by atoms with van der Waals surface area (Å²) in [6.07, 6.45) is 3.09. The van der Waals surface area contributed by atoms with E-state index in [2.05, 4.69) is 11.6 Å². The van der Waals surface area contributed by atoms with E-state index >= 15 is 0 Å². The topological polar surface area (TPSA) is 116 Å². The SMILES string of the molecule is CCCCc1ccc(NS(=O)(=O)c2ccc(C)c(C(=O)OCc3ccc([N+](=O)[O-])cc3)c2)cc1. The first-order chi connectivity index (χ1) is 16.2. The van der Waals surface area contributed by atoms with Crippen molar-refractivity contribution in [3.05, 3.63) is 99.1 Å². The highest BCUT2D eigenvalue weighted by atomic mass is 32.2. The summed E-state index contributed by atoms with van der Waals surface area (Å²) in [6, 6.07) is 17.1. The molecular weight excluding hydrogens is 456 g/mol. The molecule has 3 aromatic carbocycles. The van der Waals surface area contributed by atoms with E-state index in [1.54, 1.807) is 25.1 Å². The summed E-state index contributed by atoms with van der Waals surface area (Å²) in [5.41, 5.74) is 2.77. The molecule has 178 valence electrons. The van der Waals surface area contributed by atoms with Crippen LogP contribution < -0.4 is 4.72 Å². The van der Waals surface area contributed by atoms with Crippen molar-refractivity contribution in [3.8, 4) is 0 Å². The molecule has 0 amide bonds. The maximum atomic E-state index is 12.9. The molecule has 0 aromatic heterocycles. The van der Waals surface area contributed by atoms with E-state index in [1.165, 1.54) is 36.4 Å². The Kier molecular flexibility index (Phi) is 8.01. The van der Waals surface area contributed by atoms with Crippen LogP contribution in [0.25, 0.3) is 0 Å². The van der Waals surface area contributed by atoms with Crippen LogP contribution in [0.5, 0.6) is 0 Å². The van der Waals surface area contributed by atoms with Crippen LogP contribution in [0.15, 0.2) is 71.6 Å².